The highest BCUT2D eigenvalue weighted by molar-refractivity contribution is 5.99. The van der Waals surface area contributed by atoms with E-state index in [1.54, 1.807) is 6.20 Å². The predicted octanol–water partition coefficient (Wildman–Crippen LogP) is 1.45. The Balaban J connectivity index is 1.84. The molecule has 2 saturated heterocycles. The number of nitrogens with one attached hydrogen (secondary N) is 1. The number of likely N-dealkylation sites (tertiary alicyclic amines) is 1. The van der Waals surface area contributed by atoms with Gasteiger partial charge in [-0.05, 0) is 39.4 Å². The Morgan fingerprint density at radius 1 is 1.43 bits per heavy atom. The summed E-state index contributed by atoms with van der Waals surface area (Å²) in [4.78, 5) is 21.7. The maximum atomic E-state index is 13.1. The molecule has 2 aliphatic rings. The number of aromatic nitrogens is 1. The fraction of sp³-hybridized carbons (Fsp3) is 0.647. The largest absolute Gasteiger partial charge is 0.374 e. The Morgan fingerprint density at radius 3 is 3.04 bits per heavy atom. The summed E-state index contributed by atoms with van der Waals surface area (Å²) in [5.41, 5.74) is 0.648. The molecule has 6 nitrogen and oxygen atoms in total. The summed E-state index contributed by atoms with van der Waals surface area (Å²) in [5, 5.41) is 3.27. The second-order valence-electron chi connectivity index (χ2n) is 6.72. The number of piperidine rings is 1. The van der Waals surface area contributed by atoms with E-state index in [9.17, 15) is 4.79 Å². The molecule has 1 N–H and O–H groups in total. The van der Waals surface area contributed by atoms with Gasteiger partial charge in [-0.3, -0.25) is 4.79 Å². The normalized spacial score (nSPS) is 25.3. The molecule has 0 aliphatic carbocycles. The van der Waals surface area contributed by atoms with Crippen molar-refractivity contribution in [2.45, 2.75) is 38.5 Å². The Labute approximate surface area is 137 Å². The maximum absolute atomic E-state index is 13.1. The van der Waals surface area contributed by atoms with Crippen LogP contribution in [0, 0.1) is 0 Å². The van der Waals surface area contributed by atoms with Crippen molar-refractivity contribution in [1.29, 1.82) is 0 Å². The molecule has 2 aliphatic heterocycles. The number of likely N-dealkylation sites (N-methyl/N-ethyl adjacent to an activating group) is 1. The number of hydrogen-bond donors (Lipinski definition) is 1. The molecule has 2 fully saturated rings. The fourth-order valence-corrected chi connectivity index (χ4v) is 3.40. The molecule has 6 heteroatoms. The van der Waals surface area contributed by atoms with Gasteiger partial charge in [0.25, 0.3) is 5.91 Å². The lowest BCUT2D eigenvalue weighted by Crippen LogP contribution is -2.60. The third kappa shape index (κ3) is 3.48. The van der Waals surface area contributed by atoms with Crippen LogP contribution in [0.15, 0.2) is 18.3 Å². The quantitative estimate of drug-likeness (QED) is 0.914. The van der Waals surface area contributed by atoms with Gasteiger partial charge in [0, 0.05) is 31.9 Å². The highest BCUT2D eigenvalue weighted by atomic mass is 16.5. The zero-order valence-corrected chi connectivity index (χ0v) is 14.2. The molecule has 0 bridgehead atoms. The van der Waals surface area contributed by atoms with Crippen LogP contribution >= 0.6 is 0 Å². The lowest BCUT2D eigenvalue weighted by atomic mass is 9.98. The van der Waals surface area contributed by atoms with Gasteiger partial charge in [-0.15, -0.1) is 0 Å². The lowest BCUT2D eigenvalue weighted by molar-refractivity contribution is -0.0869. The highest BCUT2D eigenvalue weighted by Gasteiger charge is 2.39. The molecule has 0 aromatic carbocycles. The molecule has 23 heavy (non-hydrogen) atoms. The van der Waals surface area contributed by atoms with Gasteiger partial charge in [0.05, 0.1) is 24.3 Å². The van der Waals surface area contributed by atoms with Crippen molar-refractivity contribution in [2.75, 3.05) is 38.6 Å². The molecule has 1 aromatic heterocycles. The standard InChI is InChI=1S/C17H26N4O2/c1-12(2)19-16-13(5-4-7-18-16)17(22)21-9-10-23-15-6-8-20(3)11-14(15)21/h4-5,7,12,14-15H,6,8-11H2,1-3H3,(H,18,19)/t14-,15-/m1/s1. The minimum absolute atomic E-state index is 0.0508. The third-order valence-electron chi connectivity index (χ3n) is 4.51. The SMILES string of the molecule is CC(C)Nc1ncccc1C(=O)N1CCO[C@@H]2CCN(C)C[C@H]21. The first kappa shape index (κ1) is 16.2. The van der Waals surface area contributed by atoms with E-state index in [-0.39, 0.29) is 24.1 Å². The van der Waals surface area contributed by atoms with Gasteiger partial charge in [-0.25, -0.2) is 4.98 Å². The van der Waals surface area contributed by atoms with Gasteiger partial charge in [-0.2, -0.15) is 0 Å². The van der Waals surface area contributed by atoms with E-state index in [0.717, 1.165) is 19.5 Å². The number of ether oxygens (including phenoxy) is 1. The Kier molecular flexibility index (Phi) is 4.82. The molecule has 3 heterocycles. The first-order chi connectivity index (χ1) is 11.1. The first-order valence-electron chi connectivity index (χ1n) is 8.39. The molecular formula is C17H26N4O2. The first-order valence-corrected chi connectivity index (χ1v) is 8.39. The number of hydrogen-bond acceptors (Lipinski definition) is 5. The van der Waals surface area contributed by atoms with Gasteiger partial charge >= 0.3 is 0 Å². The number of morpholine rings is 1. The van der Waals surface area contributed by atoms with Crippen LogP contribution in [0.2, 0.25) is 0 Å². The minimum atomic E-state index is 0.0508. The molecule has 0 radical (unpaired) electrons. The van der Waals surface area contributed by atoms with Gasteiger partial charge < -0.3 is 19.9 Å². The average molecular weight is 318 g/mol. The molecule has 126 valence electrons. The van der Waals surface area contributed by atoms with Crippen molar-refractivity contribution in [1.82, 2.24) is 14.8 Å². The summed E-state index contributed by atoms with van der Waals surface area (Å²) < 4.78 is 5.89. The van der Waals surface area contributed by atoms with Crippen molar-refractivity contribution in [2.24, 2.45) is 0 Å². The van der Waals surface area contributed by atoms with Crippen LogP contribution in [0.5, 0.6) is 0 Å². The maximum Gasteiger partial charge on any atom is 0.258 e. The fourth-order valence-electron chi connectivity index (χ4n) is 3.40. The molecule has 3 rings (SSSR count). The van der Waals surface area contributed by atoms with Gasteiger partial charge in [-0.1, -0.05) is 0 Å². The second-order valence-corrected chi connectivity index (χ2v) is 6.72. The third-order valence-corrected chi connectivity index (χ3v) is 4.51. The summed E-state index contributed by atoms with van der Waals surface area (Å²) in [6, 6.07) is 4.04. The molecule has 1 aromatic rings. The number of rotatable bonds is 3. The van der Waals surface area contributed by atoms with Gasteiger partial charge in [0.15, 0.2) is 0 Å². The lowest BCUT2D eigenvalue weighted by Gasteiger charge is -2.46. The monoisotopic (exact) mass is 318 g/mol. The summed E-state index contributed by atoms with van der Waals surface area (Å²) in [6.45, 7) is 7.24. The molecule has 0 unspecified atom stereocenters. The van der Waals surface area contributed by atoms with E-state index in [1.165, 1.54) is 0 Å². The van der Waals surface area contributed by atoms with Gasteiger partial charge in [0.2, 0.25) is 0 Å². The van der Waals surface area contributed by atoms with E-state index >= 15 is 0 Å². The smallest absolute Gasteiger partial charge is 0.258 e. The second kappa shape index (κ2) is 6.84. The molecule has 0 spiro atoms. The number of fused-ring (bicyclic) bond motifs is 1. The molecular weight excluding hydrogens is 292 g/mol. The van der Waals surface area contributed by atoms with Gasteiger partial charge in [0.1, 0.15) is 5.82 Å². The summed E-state index contributed by atoms with van der Waals surface area (Å²) in [7, 11) is 2.10. The Bertz CT molecular complexity index is 563. The number of carbonyl (C=O) groups is 1. The molecule has 2 atom stereocenters. The van der Waals surface area contributed by atoms with E-state index < -0.39 is 0 Å². The number of carbonyl (C=O) groups excluding carboxylic acids is 1. The summed E-state index contributed by atoms with van der Waals surface area (Å²) in [5.74, 6) is 0.717. The molecule has 1 amide bonds. The van der Waals surface area contributed by atoms with Crippen LogP contribution in [0.4, 0.5) is 5.82 Å². The Hall–Kier alpha value is -1.66. The van der Waals surface area contributed by atoms with Crippen molar-refractivity contribution in [3.05, 3.63) is 23.9 Å². The topological polar surface area (TPSA) is 57.7 Å². The highest BCUT2D eigenvalue weighted by Crippen LogP contribution is 2.25. The van der Waals surface area contributed by atoms with Crippen LogP contribution in [0.3, 0.4) is 0 Å². The van der Waals surface area contributed by atoms with Crippen LogP contribution < -0.4 is 5.32 Å². The predicted molar refractivity (Wildman–Crippen MR) is 89.7 cm³/mol. The van der Waals surface area contributed by atoms with Crippen LogP contribution in [-0.2, 0) is 4.74 Å². The van der Waals surface area contributed by atoms with E-state index in [1.807, 2.05) is 30.9 Å². The minimum Gasteiger partial charge on any atom is -0.374 e. The number of anilines is 1. The average Bonchev–Trinajstić information content (AvgIpc) is 2.53. The number of nitrogens with zero attached hydrogens (tertiary/aromatic N) is 3. The van der Waals surface area contributed by atoms with Crippen LogP contribution in [0.25, 0.3) is 0 Å². The zero-order valence-electron chi connectivity index (χ0n) is 14.2. The van der Waals surface area contributed by atoms with Crippen molar-refractivity contribution in [3.63, 3.8) is 0 Å². The summed E-state index contributed by atoms with van der Waals surface area (Å²) in [6.07, 6.45) is 2.86. The molecule has 0 saturated carbocycles. The van der Waals surface area contributed by atoms with Crippen molar-refractivity contribution >= 4 is 11.7 Å². The van der Waals surface area contributed by atoms with E-state index in [0.29, 0.717) is 24.5 Å². The Morgan fingerprint density at radius 2 is 2.26 bits per heavy atom. The van der Waals surface area contributed by atoms with E-state index in [4.69, 9.17) is 4.74 Å². The zero-order chi connectivity index (χ0) is 16.4. The van der Waals surface area contributed by atoms with Crippen LogP contribution in [-0.4, -0.2) is 72.2 Å². The van der Waals surface area contributed by atoms with Crippen LogP contribution in [0.1, 0.15) is 30.6 Å². The van der Waals surface area contributed by atoms with Crippen molar-refractivity contribution in [3.8, 4) is 0 Å². The number of pyridine rings is 1. The van der Waals surface area contributed by atoms with E-state index in [2.05, 4.69) is 22.2 Å². The van der Waals surface area contributed by atoms with Crippen molar-refractivity contribution < 1.29 is 9.53 Å². The number of amides is 1. The summed E-state index contributed by atoms with van der Waals surface area (Å²) >= 11 is 0.